The monoisotopic (exact) mass is 361 g/mol. The van der Waals surface area contributed by atoms with E-state index in [1.807, 2.05) is 0 Å². The summed E-state index contributed by atoms with van der Waals surface area (Å²) in [5.41, 5.74) is 0. The van der Waals surface area contributed by atoms with Crippen LogP contribution in [0.1, 0.15) is 12.8 Å². The molecule has 1 fully saturated rings. The van der Waals surface area contributed by atoms with Gasteiger partial charge in [0.15, 0.2) is 6.61 Å². The second kappa shape index (κ2) is 6.45. The fourth-order valence-electron chi connectivity index (χ4n) is 2.14. The molecule has 1 N–H and O–H groups in total. The van der Waals surface area contributed by atoms with Crippen LogP contribution in [0.4, 0.5) is 0 Å². The predicted octanol–water partition coefficient (Wildman–Crippen LogP) is 2.56. The van der Waals surface area contributed by atoms with Gasteiger partial charge in [-0.05, 0) is 47.0 Å². The number of hydrogen-bond acceptors (Lipinski definition) is 3. The summed E-state index contributed by atoms with van der Waals surface area (Å²) in [6.45, 7) is 0.269. The van der Waals surface area contributed by atoms with Crippen molar-refractivity contribution in [3.05, 3.63) is 27.7 Å². The molecule has 5 nitrogen and oxygen atoms in total. The number of carboxylic acids is 1. The molecule has 1 saturated heterocycles. The predicted molar refractivity (Wildman–Crippen MR) is 77.0 cm³/mol. The SMILES string of the molecule is O=C(O)[C@@H]1CCCN1C(=O)COc1ccc(Cl)cc1Br. The third-order valence-corrected chi connectivity index (χ3v) is 3.96. The minimum absolute atomic E-state index is 0.190. The first kappa shape index (κ1) is 15.1. The van der Waals surface area contributed by atoms with Crippen molar-refractivity contribution in [2.75, 3.05) is 13.2 Å². The van der Waals surface area contributed by atoms with Crippen LogP contribution in [-0.4, -0.2) is 41.1 Å². The number of halogens is 2. The molecule has 1 aliphatic rings. The maximum atomic E-state index is 12.0. The Hall–Kier alpha value is -1.27. The summed E-state index contributed by atoms with van der Waals surface area (Å²) in [4.78, 5) is 24.4. The molecule has 0 radical (unpaired) electrons. The number of benzene rings is 1. The van der Waals surface area contributed by atoms with Crippen LogP contribution in [-0.2, 0) is 9.59 Å². The van der Waals surface area contributed by atoms with Crippen molar-refractivity contribution in [1.29, 1.82) is 0 Å². The summed E-state index contributed by atoms with van der Waals surface area (Å²) in [6, 6.07) is 4.23. The lowest BCUT2D eigenvalue weighted by Crippen LogP contribution is -2.42. The Kier molecular flexibility index (Phi) is 4.88. The molecule has 1 aliphatic heterocycles. The lowest BCUT2D eigenvalue weighted by molar-refractivity contribution is -0.148. The van der Waals surface area contributed by atoms with Crippen LogP contribution in [0.25, 0.3) is 0 Å². The largest absolute Gasteiger partial charge is 0.483 e. The quantitative estimate of drug-likeness (QED) is 0.894. The van der Waals surface area contributed by atoms with E-state index >= 15 is 0 Å². The van der Waals surface area contributed by atoms with Crippen LogP contribution in [0.2, 0.25) is 5.02 Å². The minimum Gasteiger partial charge on any atom is -0.483 e. The van der Waals surface area contributed by atoms with Gasteiger partial charge in [-0.25, -0.2) is 4.79 Å². The highest BCUT2D eigenvalue weighted by Crippen LogP contribution is 2.28. The van der Waals surface area contributed by atoms with Crippen molar-refractivity contribution in [2.45, 2.75) is 18.9 Å². The van der Waals surface area contributed by atoms with Gasteiger partial charge in [0.05, 0.1) is 4.47 Å². The van der Waals surface area contributed by atoms with Crippen molar-refractivity contribution >= 4 is 39.4 Å². The van der Waals surface area contributed by atoms with Crippen LogP contribution < -0.4 is 4.74 Å². The van der Waals surface area contributed by atoms with Gasteiger partial charge in [0.2, 0.25) is 0 Å². The molecule has 0 aliphatic carbocycles. The van der Waals surface area contributed by atoms with Gasteiger partial charge in [-0.2, -0.15) is 0 Å². The number of ether oxygens (including phenoxy) is 1. The van der Waals surface area contributed by atoms with Crippen molar-refractivity contribution in [1.82, 2.24) is 4.90 Å². The number of amides is 1. The van der Waals surface area contributed by atoms with Gasteiger partial charge < -0.3 is 14.7 Å². The van der Waals surface area contributed by atoms with Crippen LogP contribution in [0.3, 0.4) is 0 Å². The first-order chi connectivity index (χ1) is 9.49. The highest BCUT2D eigenvalue weighted by molar-refractivity contribution is 9.10. The summed E-state index contributed by atoms with van der Waals surface area (Å²) < 4.78 is 6.05. The number of aliphatic carboxylic acids is 1. The number of nitrogens with zero attached hydrogens (tertiary/aromatic N) is 1. The second-order valence-electron chi connectivity index (χ2n) is 4.45. The molecule has 7 heteroatoms. The van der Waals surface area contributed by atoms with E-state index in [0.717, 1.165) is 0 Å². The van der Waals surface area contributed by atoms with Crippen LogP contribution in [0, 0.1) is 0 Å². The number of hydrogen-bond donors (Lipinski definition) is 1. The van der Waals surface area contributed by atoms with Gasteiger partial charge in [0.25, 0.3) is 5.91 Å². The maximum absolute atomic E-state index is 12.0. The zero-order chi connectivity index (χ0) is 14.7. The van der Waals surface area contributed by atoms with E-state index in [1.165, 1.54) is 4.90 Å². The van der Waals surface area contributed by atoms with E-state index in [2.05, 4.69) is 15.9 Å². The van der Waals surface area contributed by atoms with Gasteiger partial charge in [0, 0.05) is 11.6 Å². The molecule has 2 rings (SSSR count). The van der Waals surface area contributed by atoms with Crippen molar-refractivity contribution in [2.24, 2.45) is 0 Å². The van der Waals surface area contributed by atoms with Gasteiger partial charge in [-0.15, -0.1) is 0 Å². The standard InChI is InChI=1S/C13H13BrClNO4/c14-9-6-8(15)3-4-11(9)20-7-12(17)16-5-1-2-10(16)13(18)19/h3-4,6,10H,1-2,5,7H2,(H,18,19)/t10-/m0/s1. The Balaban J connectivity index is 1.96. The number of carbonyl (C=O) groups is 2. The number of carboxylic acid groups (broad SMARTS) is 1. The summed E-state index contributed by atoms with van der Waals surface area (Å²) >= 11 is 9.10. The Morgan fingerprint density at radius 2 is 2.25 bits per heavy atom. The zero-order valence-corrected chi connectivity index (χ0v) is 12.9. The smallest absolute Gasteiger partial charge is 0.326 e. The molecule has 108 valence electrons. The highest BCUT2D eigenvalue weighted by atomic mass is 79.9. The first-order valence-corrected chi connectivity index (χ1v) is 7.26. The van der Waals surface area contributed by atoms with E-state index in [9.17, 15) is 9.59 Å². The summed E-state index contributed by atoms with van der Waals surface area (Å²) in [7, 11) is 0. The lowest BCUT2D eigenvalue weighted by atomic mass is 10.2. The van der Waals surface area contributed by atoms with E-state index in [4.69, 9.17) is 21.4 Å². The zero-order valence-electron chi connectivity index (χ0n) is 10.5. The molecule has 1 amide bonds. The summed E-state index contributed by atoms with van der Waals surface area (Å²) in [5.74, 6) is -0.797. The molecule has 0 bridgehead atoms. The van der Waals surface area contributed by atoms with E-state index in [0.29, 0.717) is 34.6 Å². The fourth-order valence-corrected chi connectivity index (χ4v) is 2.93. The van der Waals surface area contributed by atoms with E-state index in [1.54, 1.807) is 18.2 Å². The van der Waals surface area contributed by atoms with Crippen molar-refractivity contribution in [3.8, 4) is 5.75 Å². The lowest BCUT2D eigenvalue weighted by Gasteiger charge is -2.21. The summed E-state index contributed by atoms with van der Waals surface area (Å²) in [5, 5.41) is 9.59. The van der Waals surface area contributed by atoms with Crippen molar-refractivity contribution in [3.63, 3.8) is 0 Å². The maximum Gasteiger partial charge on any atom is 0.326 e. The molecule has 1 atom stereocenters. The number of carbonyl (C=O) groups excluding carboxylic acids is 1. The molecule has 20 heavy (non-hydrogen) atoms. The second-order valence-corrected chi connectivity index (χ2v) is 5.74. The van der Waals surface area contributed by atoms with Crippen LogP contribution in [0.15, 0.2) is 22.7 Å². The summed E-state index contributed by atoms with van der Waals surface area (Å²) in [6.07, 6.45) is 1.19. The average molecular weight is 363 g/mol. The van der Waals surface area contributed by atoms with Gasteiger partial charge in [-0.3, -0.25) is 4.79 Å². The molecule has 0 spiro atoms. The molecule has 1 aromatic rings. The Bertz CT molecular complexity index is 537. The minimum atomic E-state index is -0.969. The van der Waals surface area contributed by atoms with Crippen LogP contribution >= 0.6 is 27.5 Å². The van der Waals surface area contributed by atoms with Gasteiger partial charge in [0.1, 0.15) is 11.8 Å². The number of likely N-dealkylation sites (tertiary alicyclic amines) is 1. The third-order valence-electron chi connectivity index (χ3n) is 3.10. The van der Waals surface area contributed by atoms with Crippen LogP contribution in [0.5, 0.6) is 5.75 Å². The third kappa shape index (κ3) is 3.43. The normalized spacial score (nSPS) is 18.1. The average Bonchev–Trinajstić information content (AvgIpc) is 2.86. The van der Waals surface area contributed by atoms with E-state index < -0.39 is 12.0 Å². The molecular formula is C13H13BrClNO4. The fraction of sp³-hybridized carbons (Fsp3) is 0.385. The van der Waals surface area contributed by atoms with Gasteiger partial charge >= 0.3 is 5.97 Å². The number of rotatable bonds is 4. The Morgan fingerprint density at radius 1 is 1.50 bits per heavy atom. The molecule has 1 aromatic carbocycles. The molecule has 0 aromatic heterocycles. The highest BCUT2D eigenvalue weighted by Gasteiger charge is 2.33. The topological polar surface area (TPSA) is 66.8 Å². The van der Waals surface area contributed by atoms with Crippen molar-refractivity contribution < 1.29 is 19.4 Å². The molecule has 0 saturated carbocycles. The Morgan fingerprint density at radius 3 is 2.90 bits per heavy atom. The molecule has 1 heterocycles. The Labute approximate surface area is 129 Å². The first-order valence-electron chi connectivity index (χ1n) is 6.09. The molecule has 0 unspecified atom stereocenters. The molecular weight excluding hydrogens is 350 g/mol. The van der Waals surface area contributed by atoms with Gasteiger partial charge in [-0.1, -0.05) is 11.6 Å². The van der Waals surface area contributed by atoms with E-state index in [-0.39, 0.29) is 12.5 Å².